The van der Waals surface area contributed by atoms with Crippen molar-refractivity contribution in [3.8, 4) is 11.6 Å². The van der Waals surface area contributed by atoms with Crippen LogP contribution in [0.25, 0.3) is 10.8 Å². The van der Waals surface area contributed by atoms with E-state index < -0.39 is 0 Å². The molecule has 0 radical (unpaired) electrons. The molecular weight excluding hydrogens is 286 g/mol. The van der Waals surface area contributed by atoms with Crippen LogP contribution < -0.4 is 4.74 Å². The zero-order chi connectivity index (χ0) is 14.8. The third kappa shape index (κ3) is 2.71. The second-order valence-corrected chi connectivity index (χ2v) is 5.22. The number of aromatic nitrogens is 1. The molecule has 1 aromatic heterocycles. The van der Waals surface area contributed by atoms with Crippen LogP contribution in [-0.4, -0.2) is 10.1 Å². The summed E-state index contributed by atoms with van der Waals surface area (Å²) < 4.78 is 5.93. The number of aliphatic hydroxyl groups excluding tert-OH is 1. The first kappa shape index (κ1) is 13.9. The predicted molar refractivity (Wildman–Crippen MR) is 83.9 cm³/mol. The van der Waals surface area contributed by atoms with Gasteiger partial charge in [-0.15, -0.1) is 0 Å². The Morgan fingerprint density at radius 1 is 1.14 bits per heavy atom. The summed E-state index contributed by atoms with van der Waals surface area (Å²) in [5.41, 5.74) is 1.64. The average molecular weight is 300 g/mol. The Bertz CT molecular complexity index is 802. The third-order valence-corrected chi connectivity index (χ3v) is 3.64. The van der Waals surface area contributed by atoms with E-state index in [1.165, 1.54) is 0 Å². The number of hydrogen-bond acceptors (Lipinski definition) is 3. The number of nitrogens with zero attached hydrogens (tertiary/aromatic N) is 1. The first-order valence-corrected chi connectivity index (χ1v) is 6.98. The summed E-state index contributed by atoms with van der Waals surface area (Å²) in [4.78, 5) is 4.26. The molecule has 106 valence electrons. The molecule has 1 N–H and O–H groups in total. The van der Waals surface area contributed by atoms with Crippen LogP contribution in [0, 0.1) is 6.92 Å². The van der Waals surface area contributed by atoms with Gasteiger partial charge in [0.15, 0.2) is 0 Å². The second kappa shape index (κ2) is 5.72. The lowest BCUT2D eigenvalue weighted by Crippen LogP contribution is -1.94. The van der Waals surface area contributed by atoms with Gasteiger partial charge in [-0.25, -0.2) is 4.98 Å². The number of hydrogen-bond donors (Lipinski definition) is 1. The second-order valence-electron chi connectivity index (χ2n) is 4.82. The molecule has 0 aliphatic carbocycles. The van der Waals surface area contributed by atoms with Crippen molar-refractivity contribution in [1.29, 1.82) is 0 Å². The SMILES string of the molecule is Cc1cc(CO)cnc1Oc1ccc(Cl)c2ccccc12. The van der Waals surface area contributed by atoms with Gasteiger partial charge in [-0.05, 0) is 30.7 Å². The van der Waals surface area contributed by atoms with Crippen LogP contribution in [0.2, 0.25) is 5.02 Å². The highest BCUT2D eigenvalue weighted by Crippen LogP contribution is 2.34. The fourth-order valence-electron chi connectivity index (χ4n) is 2.24. The summed E-state index contributed by atoms with van der Waals surface area (Å²) >= 11 is 6.20. The summed E-state index contributed by atoms with van der Waals surface area (Å²) in [5, 5.41) is 11.7. The summed E-state index contributed by atoms with van der Waals surface area (Å²) in [7, 11) is 0. The quantitative estimate of drug-likeness (QED) is 0.775. The molecule has 3 nitrogen and oxygen atoms in total. The van der Waals surface area contributed by atoms with Crippen LogP contribution in [0.4, 0.5) is 0 Å². The molecule has 2 aromatic carbocycles. The number of benzene rings is 2. The van der Waals surface area contributed by atoms with Crippen molar-refractivity contribution in [2.45, 2.75) is 13.5 Å². The zero-order valence-corrected chi connectivity index (χ0v) is 12.3. The lowest BCUT2D eigenvalue weighted by molar-refractivity contribution is 0.281. The van der Waals surface area contributed by atoms with Gasteiger partial charge in [-0.1, -0.05) is 35.9 Å². The first-order valence-electron chi connectivity index (χ1n) is 6.60. The van der Waals surface area contributed by atoms with Crippen LogP contribution in [0.5, 0.6) is 11.6 Å². The maximum absolute atomic E-state index is 9.12. The Labute approximate surface area is 127 Å². The molecule has 1 heterocycles. The Morgan fingerprint density at radius 2 is 1.90 bits per heavy atom. The minimum Gasteiger partial charge on any atom is -0.438 e. The minimum atomic E-state index is -0.0298. The van der Waals surface area contributed by atoms with E-state index in [1.54, 1.807) is 6.20 Å². The highest BCUT2D eigenvalue weighted by molar-refractivity contribution is 6.35. The number of aliphatic hydroxyl groups is 1. The van der Waals surface area contributed by atoms with Crippen molar-refractivity contribution in [3.63, 3.8) is 0 Å². The molecule has 0 saturated heterocycles. The zero-order valence-electron chi connectivity index (χ0n) is 11.5. The highest BCUT2D eigenvalue weighted by Gasteiger charge is 2.09. The average Bonchev–Trinajstić information content (AvgIpc) is 2.52. The molecule has 3 aromatic rings. The Hall–Kier alpha value is -2.10. The number of pyridine rings is 1. The molecule has 0 amide bonds. The number of aryl methyl sites for hydroxylation is 1. The fourth-order valence-corrected chi connectivity index (χ4v) is 2.47. The van der Waals surface area contributed by atoms with Crippen LogP contribution in [0.3, 0.4) is 0 Å². The fraction of sp³-hybridized carbons (Fsp3) is 0.118. The van der Waals surface area contributed by atoms with Crippen LogP contribution in [-0.2, 0) is 6.61 Å². The van der Waals surface area contributed by atoms with Gasteiger partial charge in [0.25, 0.3) is 0 Å². The predicted octanol–water partition coefficient (Wildman–Crippen LogP) is 4.48. The van der Waals surface area contributed by atoms with E-state index in [4.69, 9.17) is 21.4 Å². The van der Waals surface area contributed by atoms with Gasteiger partial charge < -0.3 is 9.84 Å². The van der Waals surface area contributed by atoms with Crippen molar-refractivity contribution in [3.05, 3.63) is 64.8 Å². The monoisotopic (exact) mass is 299 g/mol. The summed E-state index contributed by atoms with van der Waals surface area (Å²) in [6.07, 6.45) is 1.61. The van der Waals surface area contributed by atoms with Gasteiger partial charge in [0.05, 0.1) is 6.61 Å². The molecule has 0 aliphatic heterocycles. The molecule has 0 spiro atoms. The van der Waals surface area contributed by atoms with Crippen molar-refractivity contribution in [1.82, 2.24) is 4.98 Å². The molecule has 0 bridgehead atoms. The number of halogens is 1. The lowest BCUT2D eigenvalue weighted by atomic mass is 10.1. The van der Waals surface area contributed by atoms with E-state index >= 15 is 0 Å². The van der Waals surface area contributed by atoms with Crippen molar-refractivity contribution < 1.29 is 9.84 Å². The van der Waals surface area contributed by atoms with Gasteiger partial charge in [0.2, 0.25) is 5.88 Å². The summed E-state index contributed by atoms with van der Waals surface area (Å²) in [6, 6.07) is 13.3. The minimum absolute atomic E-state index is 0.0298. The third-order valence-electron chi connectivity index (χ3n) is 3.31. The molecule has 3 rings (SSSR count). The topological polar surface area (TPSA) is 42.4 Å². The standard InChI is InChI=1S/C17H14ClNO2/c1-11-8-12(10-20)9-19-17(11)21-16-7-6-15(18)13-4-2-3-5-14(13)16/h2-9,20H,10H2,1H3. The van der Waals surface area contributed by atoms with Crippen LogP contribution in [0.15, 0.2) is 48.7 Å². The van der Waals surface area contributed by atoms with E-state index in [-0.39, 0.29) is 6.61 Å². The van der Waals surface area contributed by atoms with E-state index in [2.05, 4.69) is 4.98 Å². The lowest BCUT2D eigenvalue weighted by Gasteiger charge is -2.11. The molecular formula is C17H14ClNO2. The van der Waals surface area contributed by atoms with E-state index in [0.29, 0.717) is 16.7 Å². The number of ether oxygens (including phenoxy) is 1. The molecule has 0 aliphatic rings. The summed E-state index contributed by atoms with van der Waals surface area (Å²) in [5.74, 6) is 1.24. The van der Waals surface area contributed by atoms with E-state index in [1.807, 2.05) is 49.4 Å². The molecule has 4 heteroatoms. The maximum atomic E-state index is 9.12. The van der Waals surface area contributed by atoms with Gasteiger partial charge in [0.1, 0.15) is 5.75 Å². The van der Waals surface area contributed by atoms with Crippen molar-refractivity contribution >= 4 is 22.4 Å². The van der Waals surface area contributed by atoms with Gasteiger partial charge >= 0.3 is 0 Å². The van der Waals surface area contributed by atoms with Gasteiger partial charge in [0, 0.05) is 27.6 Å². The molecule has 0 fully saturated rings. The molecule has 0 saturated carbocycles. The maximum Gasteiger partial charge on any atom is 0.222 e. The van der Waals surface area contributed by atoms with Crippen molar-refractivity contribution in [2.24, 2.45) is 0 Å². The first-order chi connectivity index (χ1) is 10.2. The Kier molecular flexibility index (Phi) is 3.78. The molecule has 21 heavy (non-hydrogen) atoms. The normalized spacial score (nSPS) is 10.8. The van der Waals surface area contributed by atoms with Gasteiger partial charge in [-0.2, -0.15) is 0 Å². The molecule has 0 atom stereocenters. The number of rotatable bonds is 3. The Balaban J connectivity index is 2.04. The highest BCUT2D eigenvalue weighted by atomic mass is 35.5. The Morgan fingerprint density at radius 3 is 2.62 bits per heavy atom. The number of fused-ring (bicyclic) bond motifs is 1. The largest absolute Gasteiger partial charge is 0.438 e. The summed E-state index contributed by atoms with van der Waals surface area (Å²) in [6.45, 7) is 1.87. The van der Waals surface area contributed by atoms with Crippen LogP contribution in [0.1, 0.15) is 11.1 Å². The smallest absolute Gasteiger partial charge is 0.222 e. The van der Waals surface area contributed by atoms with Gasteiger partial charge in [-0.3, -0.25) is 0 Å². The van der Waals surface area contributed by atoms with Crippen molar-refractivity contribution in [2.75, 3.05) is 0 Å². The van der Waals surface area contributed by atoms with E-state index in [0.717, 1.165) is 21.9 Å². The molecule has 0 unspecified atom stereocenters. The van der Waals surface area contributed by atoms with E-state index in [9.17, 15) is 0 Å². The van der Waals surface area contributed by atoms with Crippen LogP contribution >= 0.6 is 11.6 Å².